The summed E-state index contributed by atoms with van der Waals surface area (Å²) in [6.45, 7) is 4.46. The molecule has 0 spiro atoms. The molecule has 0 atom stereocenters. The Morgan fingerprint density at radius 1 is 1.04 bits per heavy atom. The van der Waals surface area contributed by atoms with Crippen LogP contribution >= 0.6 is 11.8 Å². The second kappa shape index (κ2) is 8.76. The first-order valence-electron chi connectivity index (χ1n) is 8.95. The van der Waals surface area contributed by atoms with Crippen LogP contribution < -0.4 is 5.84 Å². The number of rotatable bonds is 8. The van der Waals surface area contributed by atoms with Crippen LogP contribution in [0.3, 0.4) is 0 Å². The van der Waals surface area contributed by atoms with E-state index < -0.39 is 10.0 Å². The third kappa shape index (κ3) is 4.21. The Labute approximate surface area is 169 Å². The summed E-state index contributed by atoms with van der Waals surface area (Å²) in [5.41, 5.74) is 1.76. The van der Waals surface area contributed by atoms with Gasteiger partial charge in [-0.3, -0.25) is 0 Å². The maximum Gasteiger partial charge on any atom is 0.243 e. The number of sulfonamides is 1. The highest BCUT2D eigenvalue weighted by atomic mass is 32.2. The summed E-state index contributed by atoms with van der Waals surface area (Å²) in [5.74, 6) is 7.32. The Hall–Kier alpha value is -2.36. The molecular weight excluding hydrogens is 394 g/mol. The molecule has 9 heteroatoms. The molecule has 1 heterocycles. The number of hydrogen-bond acceptors (Lipinski definition) is 6. The topological polar surface area (TPSA) is 94.1 Å². The van der Waals surface area contributed by atoms with Crippen molar-refractivity contribution in [3.8, 4) is 11.4 Å². The van der Waals surface area contributed by atoms with E-state index in [1.807, 2.05) is 44.2 Å². The van der Waals surface area contributed by atoms with E-state index in [2.05, 4.69) is 10.2 Å². The Balaban J connectivity index is 1.86. The molecule has 28 heavy (non-hydrogen) atoms. The Kier molecular flexibility index (Phi) is 6.38. The van der Waals surface area contributed by atoms with Crippen LogP contribution in [0.15, 0.2) is 64.6 Å². The predicted molar refractivity (Wildman–Crippen MR) is 112 cm³/mol. The van der Waals surface area contributed by atoms with Gasteiger partial charge in [-0.25, -0.2) is 13.1 Å². The lowest BCUT2D eigenvalue weighted by Gasteiger charge is -2.18. The molecule has 148 valence electrons. The van der Waals surface area contributed by atoms with Crippen molar-refractivity contribution in [2.24, 2.45) is 0 Å². The number of aromatic nitrogens is 3. The van der Waals surface area contributed by atoms with Crippen molar-refractivity contribution in [1.29, 1.82) is 0 Å². The van der Waals surface area contributed by atoms with Gasteiger partial charge in [0, 0.05) is 24.4 Å². The zero-order valence-corrected chi connectivity index (χ0v) is 17.4. The molecule has 0 aliphatic carbocycles. The molecule has 0 radical (unpaired) electrons. The normalized spacial score (nSPS) is 11.8. The van der Waals surface area contributed by atoms with Gasteiger partial charge < -0.3 is 5.84 Å². The number of thioether (sulfide) groups is 1. The van der Waals surface area contributed by atoms with Gasteiger partial charge in [-0.15, -0.1) is 10.2 Å². The summed E-state index contributed by atoms with van der Waals surface area (Å²) >= 11 is 1.48. The maximum atomic E-state index is 12.8. The average molecular weight is 418 g/mol. The molecular formula is C19H23N5O2S2. The van der Waals surface area contributed by atoms with Crippen molar-refractivity contribution in [3.05, 3.63) is 60.2 Å². The summed E-state index contributed by atoms with van der Waals surface area (Å²) in [6.07, 6.45) is 0. The van der Waals surface area contributed by atoms with Crippen molar-refractivity contribution < 1.29 is 8.42 Å². The molecule has 0 aliphatic heterocycles. The van der Waals surface area contributed by atoms with Crippen LogP contribution in [-0.2, 0) is 15.8 Å². The molecule has 0 fully saturated rings. The average Bonchev–Trinajstić information content (AvgIpc) is 3.08. The molecule has 2 N–H and O–H groups in total. The molecule has 3 rings (SSSR count). The summed E-state index contributed by atoms with van der Waals surface area (Å²) in [6, 6.07) is 16.6. The number of nitrogen functional groups attached to an aromatic ring is 1. The molecule has 2 aromatic carbocycles. The third-order valence-corrected chi connectivity index (χ3v) is 7.37. The summed E-state index contributed by atoms with van der Waals surface area (Å²) < 4.78 is 28.4. The highest BCUT2D eigenvalue weighted by molar-refractivity contribution is 7.98. The van der Waals surface area contributed by atoms with Crippen LogP contribution in [0.4, 0.5) is 0 Å². The first-order chi connectivity index (χ1) is 13.5. The van der Waals surface area contributed by atoms with Crippen LogP contribution in [0.1, 0.15) is 19.4 Å². The van der Waals surface area contributed by atoms with Crippen molar-refractivity contribution in [3.63, 3.8) is 0 Å². The quantitative estimate of drug-likeness (QED) is 0.447. The van der Waals surface area contributed by atoms with Crippen molar-refractivity contribution >= 4 is 21.8 Å². The van der Waals surface area contributed by atoms with E-state index >= 15 is 0 Å². The van der Waals surface area contributed by atoms with Crippen molar-refractivity contribution in [2.75, 3.05) is 18.9 Å². The maximum absolute atomic E-state index is 12.8. The van der Waals surface area contributed by atoms with Crippen LogP contribution in [-0.4, -0.2) is 40.7 Å². The standard InChI is InChI=1S/C19H23N5O2S2/c1-3-23(4-2)28(25,26)17-12-8-11-16(13-17)18-21-22-19(24(18)20)27-14-15-9-6-5-7-10-15/h5-13H,3-4,14,20H2,1-2H3. The van der Waals surface area contributed by atoms with E-state index in [1.165, 1.54) is 20.7 Å². The summed E-state index contributed by atoms with van der Waals surface area (Å²) in [5, 5.41) is 8.89. The number of benzene rings is 2. The zero-order valence-electron chi connectivity index (χ0n) is 15.8. The van der Waals surface area contributed by atoms with Gasteiger partial charge in [0.15, 0.2) is 5.82 Å². The molecule has 0 bridgehead atoms. The Bertz CT molecular complexity index is 1030. The largest absolute Gasteiger partial charge is 0.335 e. The molecule has 7 nitrogen and oxygen atoms in total. The Morgan fingerprint density at radius 3 is 2.43 bits per heavy atom. The minimum absolute atomic E-state index is 0.218. The van der Waals surface area contributed by atoms with Crippen molar-refractivity contribution in [2.45, 2.75) is 29.7 Å². The minimum Gasteiger partial charge on any atom is -0.335 e. The summed E-state index contributed by atoms with van der Waals surface area (Å²) in [4.78, 5) is 0.218. The molecule has 0 unspecified atom stereocenters. The van der Waals surface area contributed by atoms with Gasteiger partial charge in [-0.2, -0.15) is 4.31 Å². The lowest BCUT2D eigenvalue weighted by molar-refractivity contribution is 0.445. The molecule has 0 aliphatic rings. The van der Waals surface area contributed by atoms with Gasteiger partial charge in [0.05, 0.1) is 4.90 Å². The van der Waals surface area contributed by atoms with Crippen LogP contribution in [0.25, 0.3) is 11.4 Å². The van der Waals surface area contributed by atoms with Gasteiger partial charge in [0.1, 0.15) is 0 Å². The minimum atomic E-state index is -3.55. The second-order valence-electron chi connectivity index (χ2n) is 6.07. The third-order valence-electron chi connectivity index (χ3n) is 4.31. The smallest absolute Gasteiger partial charge is 0.243 e. The van der Waals surface area contributed by atoms with E-state index in [1.54, 1.807) is 24.3 Å². The second-order valence-corrected chi connectivity index (χ2v) is 8.95. The van der Waals surface area contributed by atoms with Crippen LogP contribution in [0.2, 0.25) is 0 Å². The Morgan fingerprint density at radius 2 is 1.75 bits per heavy atom. The number of nitrogens with zero attached hydrogens (tertiary/aromatic N) is 4. The first-order valence-corrected chi connectivity index (χ1v) is 11.4. The van der Waals surface area contributed by atoms with E-state index in [-0.39, 0.29) is 4.90 Å². The highest BCUT2D eigenvalue weighted by Gasteiger charge is 2.23. The van der Waals surface area contributed by atoms with E-state index in [4.69, 9.17) is 5.84 Å². The van der Waals surface area contributed by atoms with Crippen molar-refractivity contribution in [1.82, 2.24) is 19.2 Å². The predicted octanol–water partition coefficient (Wildman–Crippen LogP) is 2.98. The molecule has 3 aromatic rings. The van der Waals surface area contributed by atoms with Crippen LogP contribution in [0, 0.1) is 0 Å². The fourth-order valence-corrected chi connectivity index (χ4v) is 5.12. The summed E-state index contributed by atoms with van der Waals surface area (Å²) in [7, 11) is -3.55. The fraction of sp³-hybridized carbons (Fsp3) is 0.263. The molecule has 1 aromatic heterocycles. The van der Waals surface area contributed by atoms with E-state index in [0.29, 0.717) is 35.4 Å². The van der Waals surface area contributed by atoms with Gasteiger partial charge in [0.25, 0.3) is 0 Å². The van der Waals surface area contributed by atoms with Crippen LogP contribution in [0.5, 0.6) is 0 Å². The molecule has 0 saturated carbocycles. The fourth-order valence-electron chi connectivity index (χ4n) is 2.80. The monoisotopic (exact) mass is 417 g/mol. The lowest BCUT2D eigenvalue weighted by Crippen LogP contribution is -2.30. The highest BCUT2D eigenvalue weighted by Crippen LogP contribution is 2.26. The molecule has 0 amide bonds. The first kappa shape index (κ1) is 20.4. The SMILES string of the molecule is CCN(CC)S(=O)(=O)c1cccc(-c2nnc(SCc3ccccc3)n2N)c1. The van der Waals surface area contributed by atoms with E-state index in [9.17, 15) is 8.42 Å². The van der Waals surface area contributed by atoms with E-state index in [0.717, 1.165) is 5.56 Å². The zero-order chi connectivity index (χ0) is 20.1. The lowest BCUT2D eigenvalue weighted by atomic mass is 10.2. The molecule has 0 saturated heterocycles. The van der Waals surface area contributed by atoms with Gasteiger partial charge in [-0.1, -0.05) is 68.1 Å². The van der Waals surface area contributed by atoms with Gasteiger partial charge in [-0.05, 0) is 17.7 Å². The number of nitrogens with two attached hydrogens (primary N) is 1. The van der Waals surface area contributed by atoms with Gasteiger partial charge in [0.2, 0.25) is 15.2 Å². The van der Waals surface area contributed by atoms with Gasteiger partial charge >= 0.3 is 0 Å². The number of hydrogen-bond donors (Lipinski definition) is 1.